The Morgan fingerprint density at radius 2 is 2.38 bits per heavy atom. The van der Waals surface area contributed by atoms with Gasteiger partial charge in [0.1, 0.15) is 11.5 Å². The maximum atomic E-state index is 5.58. The lowest BCUT2D eigenvalue weighted by molar-refractivity contribution is 0.481. The predicted molar refractivity (Wildman–Crippen MR) is 48.4 cm³/mol. The van der Waals surface area contributed by atoms with E-state index in [1.165, 1.54) is 11.1 Å². The van der Waals surface area contributed by atoms with E-state index in [-0.39, 0.29) is 0 Å². The Balaban J connectivity index is 2.29. The number of aryl methyl sites for hydroxylation is 3. The van der Waals surface area contributed by atoms with Crippen LogP contribution in [-0.2, 0) is 12.8 Å². The van der Waals surface area contributed by atoms with E-state index >= 15 is 0 Å². The smallest absolute Gasteiger partial charge is 0.113 e. The Labute approximate surface area is 75.8 Å². The van der Waals surface area contributed by atoms with E-state index in [0.29, 0.717) is 0 Å². The van der Waals surface area contributed by atoms with Crippen molar-refractivity contribution in [1.29, 1.82) is 0 Å². The predicted octanol–water partition coefficient (Wildman–Crippen LogP) is 2.08. The maximum absolute atomic E-state index is 5.58. The highest BCUT2D eigenvalue weighted by molar-refractivity contribution is 5.67. The number of nitrogens with zero attached hydrogens (tertiary/aromatic N) is 1. The first-order chi connectivity index (χ1) is 6.34. The second-order valence-electron chi connectivity index (χ2n) is 3.46. The monoisotopic (exact) mass is 174 g/mol. The fourth-order valence-electron chi connectivity index (χ4n) is 1.94. The van der Waals surface area contributed by atoms with Gasteiger partial charge in [-0.3, -0.25) is 5.10 Å². The third-order valence-corrected chi connectivity index (χ3v) is 2.54. The summed E-state index contributed by atoms with van der Waals surface area (Å²) < 4.78 is 5.58. The zero-order valence-corrected chi connectivity index (χ0v) is 7.42. The number of hydrogen-bond acceptors (Lipinski definition) is 2. The molecule has 0 aromatic carbocycles. The minimum absolute atomic E-state index is 0.979. The van der Waals surface area contributed by atoms with Gasteiger partial charge in [0.2, 0.25) is 0 Å². The minimum atomic E-state index is 0.979. The third-order valence-electron chi connectivity index (χ3n) is 2.54. The van der Waals surface area contributed by atoms with E-state index in [4.69, 9.17) is 4.42 Å². The summed E-state index contributed by atoms with van der Waals surface area (Å²) in [7, 11) is 0. The lowest BCUT2D eigenvalue weighted by Crippen LogP contribution is -1.99. The molecular weight excluding hydrogens is 164 g/mol. The molecule has 13 heavy (non-hydrogen) atoms. The van der Waals surface area contributed by atoms with Crippen LogP contribution >= 0.6 is 0 Å². The summed E-state index contributed by atoms with van der Waals surface area (Å²) in [5, 5.41) is 7.06. The second kappa shape index (κ2) is 2.25. The molecule has 0 aliphatic heterocycles. The van der Waals surface area contributed by atoms with Crippen molar-refractivity contribution < 1.29 is 4.42 Å². The molecule has 66 valence electrons. The summed E-state index contributed by atoms with van der Waals surface area (Å²) >= 11 is 0. The quantitative estimate of drug-likeness (QED) is 0.664. The first-order valence-corrected chi connectivity index (χ1v) is 4.46. The summed E-state index contributed by atoms with van der Waals surface area (Å²) in [6.07, 6.45) is 3.93. The molecule has 2 aromatic heterocycles. The lowest BCUT2D eigenvalue weighted by Gasteiger charge is -2.08. The lowest BCUT2D eigenvalue weighted by atomic mass is 9.97. The Morgan fingerprint density at radius 1 is 1.46 bits per heavy atom. The molecular formula is C10H10N2O. The largest absolute Gasteiger partial charge is 0.466 e. The van der Waals surface area contributed by atoms with Crippen LogP contribution in [0.2, 0.25) is 0 Å². The van der Waals surface area contributed by atoms with Crippen LogP contribution in [0, 0.1) is 6.92 Å². The number of furan rings is 1. The molecule has 0 unspecified atom stereocenters. The van der Waals surface area contributed by atoms with E-state index in [1.54, 1.807) is 0 Å². The van der Waals surface area contributed by atoms with Crippen LogP contribution < -0.4 is 0 Å². The topological polar surface area (TPSA) is 41.8 Å². The Kier molecular flexibility index (Phi) is 1.20. The molecule has 0 spiro atoms. The van der Waals surface area contributed by atoms with Gasteiger partial charge >= 0.3 is 0 Å². The Morgan fingerprint density at radius 3 is 3.31 bits per heavy atom. The molecule has 0 amide bonds. The summed E-state index contributed by atoms with van der Waals surface area (Å²) in [5.41, 5.74) is 3.63. The molecule has 1 N–H and O–H groups in total. The van der Waals surface area contributed by atoms with Gasteiger partial charge in [-0.2, -0.15) is 5.10 Å². The fourth-order valence-corrected chi connectivity index (χ4v) is 1.94. The van der Waals surface area contributed by atoms with Gasteiger partial charge in [0, 0.05) is 12.0 Å². The molecule has 0 bridgehead atoms. The Hall–Kier alpha value is -1.51. The summed E-state index contributed by atoms with van der Waals surface area (Å²) in [6.45, 7) is 1.98. The average molecular weight is 174 g/mol. The second-order valence-corrected chi connectivity index (χ2v) is 3.46. The van der Waals surface area contributed by atoms with Gasteiger partial charge < -0.3 is 4.42 Å². The number of aromatic amines is 1. The normalized spacial score (nSPS) is 13.9. The first kappa shape index (κ1) is 6.95. The number of fused-ring (bicyclic) bond motifs is 3. The molecule has 0 saturated heterocycles. The molecule has 0 saturated carbocycles. The van der Waals surface area contributed by atoms with Crippen LogP contribution in [0.1, 0.15) is 17.1 Å². The highest BCUT2D eigenvalue weighted by atomic mass is 16.3. The van der Waals surface area contributed by atoms with Crippen molar-refractivity contribution >= 4 is 0 Å². The zero-order valence-electron chi connectivity index (χ0n) is 7.42. The minimum Gasteiger partial charge on any atom is -0.466 e. The third kappa shape index (κ3) is 0.869. The van der Waals surface area contributed by atoms with Gasteiger partial charge in [-0.1, -0.05) is 0 Å². The molecule has 3 nitrogen and oxygen atoms in total. The van der Waals surface area contributed by atoms with Crippen molar-refractivity contribution in [2.75, 3.05) is 0 Å². The molecule has 1 aliphatic carbocycles. The zero-order chi connectivity index (χ0) is 8.84. The fraction of sp³-hybridized carbons (Fsp3) is 0.300. The number of aromatic nitrogens is 2. The highest BCUT2D eigenvalue weighted by Gasteiger charge is 2.20. The first-order valence-electron chi connectivity index (χ1n) is 4.46. The average Bonchev–Trinajstić information content (AvgIpc) is 2.65. The van der Waals surface area contributed by atoms with Crippen molar-refractivity contribution in [3.05, 3.63) is 29.3 Å². The molecule has 1 aliphatic rings. The molecule has 0 radical (unpaired) electrons. The molecule has 3 rings (SSSR count). The number of nitrogens with one attached hydrogen (secondary N) is 1. The summed E-state index contributed by atoms with van der Waals surface area (Å²) in [4.78, 5) is 0. The van der Waals surface area contributed by atoms with Gasteiger partial charge in [-0.15, -0.1) is 0 Å². The summed E-state index contributed by atoms with van der Waals surface area (Å²) in [5.74, 6) is 2.07. The van der Waals surface area contributed by atoms with Gasteiger partial charge in [-0.25, -0.2) is 0 Å². The van der Waals surface area contributed by atoms with Gasteiger partial charge in [0.05, 0.1) is 11.9 Å². The Bertz CT molecular complexity index is 453. The van der Waals surface area contributed by atoms with Crippen molar-refractivity contribution in [1.82, 2.24) is 10.2 Å². The van der Waals surface area contributed by atoms with Crippen molar-refractivity contribution in [2.24, 2.45) is 0 Å². The molecule has 3 heteroatoms. The molecule has 0 atom stereocenters. The van der Waals surface area contributed by atoms with E-state index in [2.05, 4.69) is 16.3 Å². The SMILES string of the molecule is Cc1cc2c(o1)CCc1cn[nH]c1-2. The standard InChI is InChI=1S/C10H10N2O/c1-6-4-8-9(13-6)3-2-7-5-11-12-10(7)8/h4-5H,2-3H2,1H3,(H,11,12). The number of H-pyrrole nitrogens is 1. The van der Waals surface area contributed by atoms with Gasteiger partial charge in [0.25, 0.3) is 0 Å². The van der Waals surface area contributed by atoms with Crippen LogP contribution in [0.3, 0.4) is 0 Å². The number of rotatable bonds is 0. The number of hydrogen-bond donors (Lipinski definition) is 1. The van der Waals surface area contributed by atoms with E-state index in [1.807, 2.05) is 13.1 Å². The van der Waals surface area contributed by atoms with Crippen LogP contribution in [0.4, 0.5) is 0 Å². The molecule has 2 heterocycles. The van der Waals surface area contributed by atoms with Crippen molar-refractivity contribution in [2.45, 2.75) is 19.8 Å². The summed E-state index contributed by atoms with van der Waals surface area (Å²) in [6, 6.07) is 2.07. The molecule has 0 fully saturated rings. The highest BCUT2D eigenvalue weighted by Crippen LogP contribution is 2.33. The van der Waals surface area contributed by atoms with Crippen molar-refractivity contribution in [3.63, 3.8) is 0 Å². The van der Waals surface area contributed by atoms with Crippen molar-refractivity contribution in [3.8, 4) is 11.3 Å². The van der Waals surface area contributed by atoms with E-state index in [9.17, 15) is 0 Å². The van der Waals surface area contributed by atoms with Gasteiger partial charge in [0.15, 0.2) is 0 Å². The van der Waals surface area contributed by atoms with E-state index < -0.39 is 0 Å². The van der Waals surface area contributed by atoms with Gasteiger partial charge in [-0.05, 0) is 25.0 Å². The maximum Gasteiger partial charge on any atom is 0.113 e. The molecule has 2 aromatic rings. The van der Waals surface area contributed by atoms with Crippen LogP contribution in [0.5, 0.6) is 0 Å². The van der Waals surface area contributed by atoms with Crippen LogP contribution in [-0.4, -0.2) is 10.2 Å². The van der Waals surface area contributed by atoms with E-state index in [0.717, 1.165) is 30.1 Å². The van der Waals surface area contributed by atoms with Crippen LogP contribution in [0.25, 0.3) is 11.3 Å². The van der Waals surface area contributed by atoms with Crippen LogP contribution in [0.15, 0.2) is 16.7 Å².